The Kier molecular flexibility index (Phi) is 6.48. The summed E-state index contributed by atoms with van der Waals surface area (Å²) in [5, 5.41) is 0. The molecule has 0 aliphatic carbocycles. The Morgan fingerprint density at radius 2 is 1.70 bits per heavy atom. The average molecular weight is 323 g/mol. The van der Waals surface area contributed by atoms with Gasteiger partial charge in [-0.2, -0.15) is 0 Å². The first-order valence-corrected chi connectivity index (χ1v) is 7.50. The van der Waals surface area contributed by atoms with Gasteiger partial charge in [0, 0.05) is 12.1 Å². The lowest BCUT2D eigenvalue weighted by atomic mass is 10.1. The number of nitrogens with one attached hydrogen (secondary N) is 1. The minimum Gasteiger partial charge on any atom is -0.496 e. The molecule has 0 heterocycles. The number of sulfonamides is 1. The molecule has 1 rings (SSSR count). The number of halogens is 1. The van der Waals surface area contributed by atoms with Gasteiger partial charge in [0.1, 0.15) is 5.75 Å². The zero-order valence-electron chi connectivity index (χ0n) is 12.5. The predicted octanol–water partition coefficient (Wildman–Crippen LogP) is 1.75. The third-order valence-electron chi connectivity index (χ3n) is 2.87. The van der Waals surface area contributed by atoms with E-state index in [0.717, 1.165) is 11.1 Å². The number of methoxy groups -OCH3 is 1. The van der Waals surface area contributed by atoms with Gasteiger partial charge in [-0.1, -0.05) is 0 Å². The smallest absolute Gasteiger partial charge is 0.241 e. The van der Waals surface area contributed by atoms with Gasteiger partial charge in [0.25, 0.3) is 0 Å². The predicted molar refractivity (Wildman–Crippen MR) is 83.2 cm³/mol. The Labute approximate surface area is 127 Å². The van der Waals surface area contributed by atoms with Crippen molar-refractivity contribution in [2.24, 2.45) is 5.73 Å². The molecule has 116 valence electrons. The molecule has 3 N–H and O–H groups in total. The molecule has 5 nitrogen and oxygen atoms in total. The fraction of sp³-hybridized carbons (Fsp3) is 0.538. The van der Waals surface area contributed by atoms with E-state index in [1.54, 1.807) is 33.1 Å². The van der Waals surface area contributed by atoms with Gasteiger partial charge in [-0.15, -0.1) is 12.4 Å². The first-order chi connectivity index (χ1) is 8.63. The van der Waals surface area contributed by atoms with Gasteiger partial charge in [-0.25, -0.2) is 13.1 Å². The van der Waals surface area contributed by atoms with E-state index in [4.69, 9.17) is 10.5 Å². The van der Waals surface area contributed by atoms with Gasteiger partial charge >= 0.3 is 0 Å². The number of aryl methyl sites for hydroxylation is 2. The van der Waals surface area contributed by atoms with Crippen LogP contribution in [0.25, 0.3) is 0 Å². The maximum Gasteiger partial charge on any atom is 0.241 e. The lowest BCUT2D eigenvalue weighted by Gasteiger charge is -2.24. The van der Waals surface area contributed by atoms with E-state index in [1.165, 1.54) is 0 Å². The second-order valence-electron chi connectivity index (χ2n) is 5.28. The van der Waals surface area contributed by atoms with Crippen LogP contribution in [-0.2, 0) is 10.0 Å². The summed E-state index contributed by atoms with van der Waals surface area (Å²) in [4.78, 5) is 0.227. The first kappa shape index (κ1) is 19.2. The van der Waals surface area contributed by atoms with Crippen LogP contribution in [-0.4, -0.2) is 27.6 Å². The quantitative estimate of drug-likeness (QED) is 0.865. The van der Waals surface area contributed by atoms with E-state index in [9.17, 15) is 8.42 Å². The molecule has 7 heteroatoms. The third-order valence-corrected chi connectivity index (χ3v) is 4.55. The van der Waals surface area contributed by atoms with Gasteiger partial charge in [0.05, 0.1) is 12.0 Å². The zero-order chi connectivity index (χ0) is 14.8. The summed E-state index contributed by atoms with van der Waals surface area (Å²) < 4.78 is 32.4. The van der Waals surface area contributed by atoms with Crippen LogP contribution in [0.2, 0.25) is 0 Å². The van der Waals surface area contributed by atoms with Crippen molar-refractivity contribution in [1.82, 2.24) is 4.72 Å². The van der Waals surface area contributed by atoms with Gasteiger partial charge in [-0.05, 0) is 51.0 Å². The number of hydrogen-bond acceptors (Lipinski definition) is 4. The summed E-state index contributed by atoms with van der Waals surface area (Å²) in [7, 11) is -2.02. The van der Waals surface area contributed by atoms with Gasteiger partial charge in [0.15, 0.2) is 0 Å². The fourth-order valence-electron chi connectivity index (χ4n) is 1.85. The lowest BCUT2D eigenvalue weighted by molar-refractivity contribution is 0.408. The summed E-state index contributed by atoms with van der Waals surface area (Å²) in [6.07, 6.45) is 0. The van der Waals surface area contributed by atoms with E-state index in [-0.39, 0.29) is 23.8 Å². The largest absolute Gasteiger partial charge is 0.496 e. The Morgan fingerprint density at radius 3 is 2.05 bits per heavy atom. The monoisotopic (exact) mass is 322 g/mol. The number of hydrogen-bond donors (Lipinski definition) is 2. The molecule has 0 aliphatic rings. The van der Waals surface area contributed by atoms with Crippen molar-refractivity contribution in [2.45, 2.75) is 38.1 Å². The molecule has 0 saturated heterocycles. The maximum atomic E-state index is 12.3. The molecule has 0 spiro atoms. The van der Waals surface area contributed by atoms with Crippen molar-refractivity contribution >= 4 is 22.4 Å². The van der Waals surface area contributed by atoms with E-state index in [1.807, 2.05) is 13.8 Å². The van der Waals surface area contributed by atoms with Crippen LogP contribution < -0.4 is 15.2 Å². The summed E-state index contributed by atoms with van der Waals surface area (Å²) in [6, 6.07) is 3.20. The highest BCUT2D eigenvalue weighted by Gasteiger charge is 2.25. The van der Waals surface area contributed by atoms with E-state index >= 15 is 0 Å². The molecule has 20 heavy (non-hydrogen) atoms. The molecule has 0 fully saturated rings. The normalized spacial score (nSPS) is 11.9. The molecule has 0 aromatic heterocycles. The molecule has 1 aromatic rings. The van der Waals surface area contributed by atoms with E-state index in [0.29, 0.717) is 5.75 Å². The van der Waals surface area contributed by atoms with Crippen molar-refractivity contribution in [3.05, 3.63) is 23.3 Å². The number of rotatable bonds is 5. The first-order valence-electron chi connectivity index (χ1n) is 6.02. The molecule has 0 atom stereocenters. The van der Waals surface area contributed by atoms with Crippen molar-refractivity contribution in [3.8, 4) is 5.75 Å². The molecule has 0 aliphatic heterocycles. The fourth-order valence-corrected chi connectivity index (χ4v) is 3.44. The Balaban J connectivity index is 0.00000361. The Morgan fingerprint density at radius 1 is 1.25 bits per heavy atom. The van der Waals surface area contributed by atoms with Crippen molar-refractivity contribution < 1.29 is 13.2 Å². The standard InChI is InChI=1S/C13H22N2O3S.ClH/c1-9-6-11(7-10(2)12(9)18-5)19(16,17)15-13(3,4)8-14;/h6-7,15H,8,14H2,1-5H3;1H. The van der Waals surface area contributed by atoms with Crippen LogP contribution in [0.5, 0.6) is 5.75 Å². The molecule has 0 bridgehead atoms. The van der Waals surface area contributed by atoms with Crippen LogP contribution in [0.1, 0.15) is 25.0 Å². The van der Waals surface area contributed by atoms with Crippen LogP contribution in [0.4, 0.5) is 0 Å². The van der Waals surface area contributed by atoms with Gasteiger partial charge in [0.2, 0.25) is 10.0 Å². The summed E-state index contributed by atoms with van der Waals surface area (Å²) in [5.41, 5.74) is 6.44. The SMILES string of the molecule is COc1c(C)cc(S(=O)(=O)NC(C)(C)CN)cc1C.Cl. The Hall–Kier alpha value is -0.820. The van der Waals surface area contributed by atoms with Crippen LogP contribution >= 0.6 is 12.4 Å². The topological polar surface area (TPSA) is 81.4 Å². The van der Waals surface area contributed by atoms with Crippen LogP contribution in [0, 0.1) is 13.8 Å². The molecule has 0 radical (unpaired) electrons. The maximum absolute atomic E-state index is 12.3. The Bertz CT molecular complexity index is 548. The second-order valence-corrected chi connectivity index (χ2v) is 6.97. The summed E-state index contributed by atoms with van der Waals surface area (Å²) in [5.74, 6) is 0.706. The summed E-state index contributed by atoms with van der Waals surface area (Å²) in [6.45, 7) is 7.35. The van der Waals surface area contributed by atoms with Crippen molar-refractivity contribution in [1.29, 1.82) is 0 Å². The number of ether oxygens (including phenoxy) is 1. The highest BCUT2D eigenvalue weighted by Crippen LogP contribution is 2.26. The van der Waals surface area contributed by atoms with Gasteiger partial charge in [-0.3, -0.25) is 0 Å². The third kappa shape index (κ3) is 4.34. The van der Waals surface area contributed by atoms with Crippen molar-refractivity contribution in [2.75, 3.05) is 13.7 Å². The van der Waals surface area contributed by atoms with Crippen LogP contribution in [0.3, 0.4) is 0 Å². The molecular weight excluding hydrogens is 300 g/mol. The van der Waals surface area contributed by atoms with Gasteiger partial charge < -0.3 is 10.5 Å². The minimum atomic E-state index is -3.59. The number of nitrogens with two attached hydrogens (primary N) is 1. The summed E-state index contributed by atoms with van der Waals surface area (Å²) >= 11 is 0. The second kappa shape index (κ2) is 6.76. The average Bonchev–Trinajstić information content (AvgIpc) is 2.27. The van der Waals surface area contributed by atoms with Crippen LogP contribution in [0.15, 0.2) is 17.0 Å². The molecule has 0 amide bonds. The van der Waals surface area contributed by atoms with E-state index in [2.05, 4.69) is 4.72 Å². The van der Waals surface area contributed by atoms with E-state index < -0.39 is 15.6 Å². The molecule has 0 unspecified atom stereocenters. The highest BCUT2D eigenvalue weighted by atomic mass is 35.5. The molecular formula is C13H23ClN2O3S. The van der Waals surface area contributed by atoms with Crippen molar-refractivity contribution in [3.63, 3.8) is 0 Å². The number of benzene rings is 1. The molecule has 0 saturated carbocycles. The zero-order valence-corrected chi connectivity index (χ0v) is 14.1. The molecule has 1 aromatic carbocycles. The minimum absolute atomic E-state index is 0. The lowest BCUT2D eigenvalue weighted by Crippen LogP contribution is -2.48. The highest BCUT2D eigenvalue weighted by molar-refractivity contribution is 7.89.